The molecule has 2 heterocycles. The molecule has 1 amide bonds. The van der Waals surface area contributed by atoms with E-state index in [9.17, 15) is 9.59 Å². The van der Waals surface area contributed by atoms with Crippen molar-refractivity contribution in [1.82, 2.24) is 20.0 Å². The van der Waals surface area contributed by atoms with Crippen LogP contribution in [0.1, 0.15) is 63.3 Å². The van der Waals surface area contributed by atoms with Crippen molar-refractivity contribution in [1.29, 1.82) is 0 Å². The zero-order valence-corrected chi connectivity index (χ0v) is 17.3. The van der Waals surface area contributed by atoms with Gasteiger partial charge in [0.15, 0.2) is 5.69 Å². The van der Waals surface area contributed by atoms with E-state index in [1.807, 2.05) is 20.8 Å². The van der Waals surface area contributed by atoms with Crippen LogP contribution in [0.15, 0.2) is 0 Å². The summed E-state index contributed by atoms with van der Waals surface area (Å²) in [5.41, 5.74) is 1.48. The molecule has 1 aliphatic rings. The molecule has 0 spiro atoms. The van der Waals surface area contributed by atoms with Crippen molar-refractivity contribution in [2.75, 3.05) is 19.7 Å². The number of hydrogen-bond acceptors (Lipinski definition) is 6. The summed E-state index contributed by atoms with van der Waals surface area (Å²) in [4.78, 5) is 26.6. The number of amides is 1. The monoisotopic (exact) mass is 380 g/mol. The van der Waals surface area contributed by atoms with E-state index in [-0.39, 0.29) is 6.09 Å². The van der Waals surface area contributed by atoms with Gasteiger partial charge in [0.1, 0.15) is 5.60 Å². The van der Waals surface area contributed by atoms with Gasteiger partial charge in [0.25, 0.3) is 0 Å². The second-order valence-corrected chi connectivity index (χ2v) is 7.98. The SMILES string of the molecule is CCOC(=O)c1c2c(nn1CCNC(C)C)CCN(C(=O)OC(C)(C)C)C2. The first kappa shape index (κ1) is 21.2. The number of nitrogens with one attached hydrogen (secondary N) is 1. The van der Waals surface area contributed by atoms with E-state index >= 15 is 0 Å². The van der Waals surface area contributed by atoms with Crippen molar-refractivity contribution in [3.63, 3.8) is 0 Å². The van der Waals surface area contributed by atoms with E-state index < -0.39 is 11.6 Å². The number of carbonyl (C=O) groups is 2. The Morgan fingerprint density at radius 3 is 2.59 bits per heavy atom. The zero-order valence-electron chi connectivity index (χ0n) is 17.3. The van der Waals surface area contributed by atoms with E-state index in [0.717, 1.165) is 11.3 Å². The average molecular weight is 380 g/mol. The van der Waals surface area contributed by atoms with Gasteiger partial charge in [0.05, 0.1) is 25.4 Å². The highest BCUT2D eigenvalue weighted by atomic mass is 16.6. The number of esters is 1. The highest BCUT2D eigenvalue weighted by Gasteiger charge is 2.32. The number of nitrogens with zero attached hydrogens (tertiary/aromatic N) is 3. The molecule has 1 aromatic heterocycles. The van der Waals surface area contributed by atoms with Crippen molar-refractivity contribution in [2.24, 2.45) is 0 Å². The minimum absolute atomic E-state index is 0.290. The molecule has 0 saturated heterocycles. The van der Waals surface area contributed by atoms with E-state index in [4.69, 9.17) is 9.47 Å². The Labute approximate surface area is 161 Å². The van der Waals surface area contributed by atoms with Gasteiger partial charge in [-0.3, -0.25) is 4.68 Å². The normalized spacial score (nSPS) is 14.3. The lowest BCUT2D eigenvalue weighted by atomic mass is 10.1. The summed E-state index contributed by atoms with van der Waals surface area (Å²) in [6, 6.07) is 0.351. The van der Waals surface area contributed by atoms with E-state index in [2.05, 4.69) is 24.3 Å². The molecule has 2 rings (SSSR count). The molecule has 0 bridgehead atoms. The lowest BCUT2D eigenvalue weighted by molar-refractivity contribution is 0.0220. The van der Waals surface area contributed by atoms with Crippen molar-refractivity contribution in [2.45, 2.75) is 72.7 Å². The summed E-state index contributed by atoms with van der Waals surface area (Å²) < 4.78 is 12.4. The van der Waals surface area contributed by atoms with E-state index in [1.165, 1.54) is 0 Å². The molecule has 0 fully saturated rings. The van der Waals surface area contributed by atoms with Gasteiger partial charge in [-0.1, -0.05) is 13.8 Å². The third-order valence-corrected chi connectivity index (χ3v) is 4.10. The van der Waals surface area contributed by atoms with Gasteiger partial charge >= 0.3 is 12.1 Å². The first-order valence-electron chi connectivity index (χ1n) is 9.59. The Kier molecular flexibility index (Phi) is 6.86. The number of carbonyl (C=O) groups excluding carboxylic acids is 2. The third-order valence-electron chi connectivity index (χ3n) is 4.10. The largest absolute Gasteiger partial charge is 0.461 e. The van der Waals surface area contributed by atoms with Crippen molar-refractivity contribution in [3.05, 3.63) is 17.0 Å². The fourth-order valence-electron chi connectivity index (χ4n) is 2.96. The molecule has 0 unspecified atom stereocenters. The fraction of sp³-hybridized carbons (Fsp3) is 0.737. The summed E-state index contributed by atoms with van der Waals surface area (Å²) in [7, 11) is 0. The van der Waals surface area contributed by atoms with Crippen LogP contribution in [0.3, 0.4) is 0 Å². The highest BCUT2D eigenvalue weighted by molar-refractivity contribution is 5.90. The average Bonchev–Trinajstić information content (AvgIpc) is 2.90. The quantitative estimate of drug-likeness (QED) is 0.763. The maximum atomic E-state index is 12.6. The van der Waals surface area contributed by atoms with Gasteiger partial charge in [-0.15, -0.1) is 0 Å². The highest BCUT2D eigenvalue weighted by Crippen LogP contribution is 2.24. The molecule has 27 heavy (non-hydrogen) atoms. The molecule has 0 aromatic carbocycles. The molecule has 1 N–H and O–H groups in total. The predicted molar refractivity (Wildman–Crippen MR) is 102 cm³/mol. The Hall–Kier alpha value is -2.09. The predicted octanol–water partition coefficient (Wildman–Crippen LogP) is 2.35. The molecular weight excluding hydrogens is 348 g/mol. The van der Waals surface area contributed by atoms with Crippen molar-refractivity contribution in [3.8, 4) is 0 Å². The number of hydrogen-bond donors (Lipinski definition) is 1. The van der Waals surface area contributed by atoms with Crippen LogP contribution in [0.4, 0.5) is 4.79 Å². The summed E-state index contributed by atoms with van der Waals surface area (Å²) in [5, 5.41) is 7.94. The van der Waals surface area contributed by atoms with Crippen LogP contribution in [0.25, 0.3) is 0 Å². The number of ether oxygens (including phenoxy) is 2. The van der Waals surface area contributed by atoms with Crippen LogP contribution in [-0.2, 0) is 29.0 Å². The Morgan fingerprint density at radius 1 is 1.30 bits per heavy atom. The van der Waals surface area contributed by atoms with Gasteiger partial charge in [0, 0.05) is 31.1 Å². The smallest absolute Gasteiger partial charge is 0.410 e. The van der Waals surface area contributed by atoms with Gasteiger partial charge in [-0.25, -0.2) is 9.59 Å². The van der Waals surface area contributed by atoms with Crippen LogP contribution in [0, 0.1) is 0 Å². The maximum absolute atomic E-state index is 12.6. The van der Waals surface area contributed by atoms with Gasteiger partial charge in [-0.2, -0.15) is 5.10 Å². The zero-order chi connectivity index (χ0) is 20.2. The molecule has 0 radical (unpaired) electrons. The Bertz CT molecular complexity index is 676. The van der Waals surface area contributed by atoms with Crippen molar-refractivity contribution >= 4 is 12.1 Å². The summed E-state index contributed by atoms with van der Waals surface area (Å²) >= 11 is 0. The molecule has 8 heteroatoms. The first-order chi connectivity index (χ1) is 12.6. The number of fused-ring (bicyclic) bond motifs is 1. The fourth-order valence-corrected chi connectivity index (χ4v) is 2.96. The summed E-state index contributed by atoms with van der Waals surface area (Å²) in [6.45, 7) is 13.8. The molecule has 152 valence electrons. The van der Waals surface area contributed by atoms with E-state index in [1.54, 1.807) is 16.5 Å². The minimum atomic E-state index is -0.561. The van der Waals surface area contributed by atoms with Gasteiger partial charge in [0.2, 0.25) is 0 Å². The van der Waals surface area contributed by atoms with Gasteiger partial charge < -0.3 is 19.7 Å². The topological polar surface area (TPSA) is 85.7 Å². The van der Waals surface area contributed by atoms with Crippen LogP contribution < -0.4 is 5.32 Å². The molecule has 1 aliphatic heterocycles. The summed E-state index contributed by atoms with van der Waals surface area (Å²) in [5.74, 6) is -0.401. The molecule has 8 nitrogen and oxygen atoms in total. The lowest BCUT2D eigenvalue weighted by Crippen LogP contribution is -2.40. The maximum Gasteiger partial charge on any atom is 0.410 e. The molecule has 0 aliphatic carbocycles. The number of aromatic nitrogens is 2. The van der Waals surface area contributed by atoms with E-state index in [0.29, 0.717) is 50.9 Å². The Balaban J connectivity index is 2.24. The second kappa shape index (κ2) is 8.73. The van der Waals surface area contributed by atoms with Gasteiger partial charge in [-0.05, 0) is 27.7 Å². The standard InChI is InChI=1S/C19H32N4O4/c1-7-26-17(24)16-14-12-22(18(25)27-19(4,5)6)10-8-15(14)21-23(16)11-9-20-13(2)3/h13,20H,7-12H2,1-6H3. The number of rotatable bonds is 6. The van der Waals surface area contributed by atoms with Crippen LogP contribution in [0.2, 0.25) is 0 Å². The lowest BCUT2D eigenvalue weighted by Gasteiger charge is -2.29. The Morgan fingerprint density at radius 2 is 2.00 bits per heavy atom. The molecular formula is C19H32N4O4. The first-order valence-corrected chi connectivity index (χ1v) is 9.59. The second-order valence-electron chi connectivity index (χ2n) is 7.98. The molecule has 0 saturated carbocycles. The minimum Gasteiger partial charge on any atom is -0.461 e. The summed E-state index contributed by atoms with van der Waals surface area (Å²) in [6.07, 6.45) is 0.211. The molecule has 0 atom stereocenters. The van der Waals surface area contributed by atoms with Crippen molar-refractivity contribution < 1.29 is 19.1 Å². The van der Waals surface area contributed by atoms with Crippen LogP contribution in [-0.4, -0.2) is 58.1 Å². The third kappa shape index (κ3) is 5.69. The van der Waals surface area contributed by atoms with Crippen LogP contribution >= 0.6 is 0 Å². The van der Waals surface area contributed by atoms with Crippen LogP contribution in [0.5, 0.6) is 0 Å². The molecule has 1 aromatic rings.